The zero-order chi connectivity index (χ0) is 14.4. The Labute approximate surface area is 122 Å². The van der Waals surface area contributed by atoms with Crippen LogP contribution in [0.2, 0.25) is 0 Å². The molecular weight excluding hydrogens is 250 g/mol. The Morgan fingerprint density at radius 3 is 2.65 bits per heavy atom. The molecule has 20 heavy (non-hydrogen) atoms. The maximum atomic E-state index is 4.20. The van der Waals surface area contributed by atoms with Crippen LogP contribution in [0.25, 0.3) is 0 Å². The third-order valence-corrected chi connectivity index (χ3v) is 4.70. The van der Waals surface area contributed by atoms with Gasteiger partial charge in [0, 0.05) is 19.3 Å². The average Bonchev–Trinajstić information content (AvgIpc) is 2.92. The molecule has 0 saturated carbocycles. The van der Waals surface area contributed by atoms with E-state index in [1.54, 1.807) is 0 Å². The van der Waals surface area contributed by atoms with E-state index in [0.29, 0.717) is 5.41 Å². The number of likely N-dealkylation sites (tertiary alicyclic amines) is 1. The first kappa shape index (κ1) is 15.4. The van der Waals surface area contributed by atoms with Crippen LogP contribution in [0.3, 0.4) is 0 Å². The SMILES string of the molecule is CCNCc1cn(CCN2CCC(C)(CC)CC2)nn1. The second kappa shape index (κ2) is 7.18. The lowest BCUT2D eigenvalue weighted by molar-refractivity contribution is 0.111. The Morgan fingerprint density at radius 1 is 1.25 bits per heavy atom. The van der Waals surface area contributed by atoms with Gasteiger partial charge in [0.25, 0.3) is 0 Å². The highest BCUT2D eigenvalue weighted by molar-refractivity contribution is 4.91. The summed E-state index contributed by atoms with van der Waals surface area (Å²) < 4.78 is 1.97. The molecule has 5 nitrogen and oxygen atoms in total. The molecule has 0 amide bonds. The summed E-state index contributed by atoms with van der Waals surface area (Å²) in [7, 11) is 0. The number of nitrogens with zero attached hydrogens (tertiary/aromatic N) is 4. The minimum absolute atomic E-state index is 0.572. The van der Waals surface area contributed by atoms with Gasteiger partial charge in [0.05, 0.1) is 12.2 Å². The molecule has 1 aliphatic rings. The maximum absolute atomic E-state index is 4.20. The highest BCUT2D eigenvalue weighted by Crippen LogP contribution is 2.33. The number of hydrogen-bond acceptors (Lipinski definition) is 4. The van der Waals surface area contributed by atoms with Crippen molar-refractivity contribution in [1.82, 2.24) is 25.2 Å². The van der Waals surface area contributed by atoms with E-state index in [4.69, 9.17) is 0 Å². The Hall–Kier alpha value is -0.940. The van der Waals surface area contributed by atoms with Gasteiger partial charge in [-0.15, -0.1) is 5.10 Å². The van der Waals surface area contributed by atoms with Crippen molar-refractivity contribution in [2.45, 2.75) is 53.1 Å². The van der Waals surface area contributed by atoms with Crippen LogP contribution < -0.4 is 5.32 Å². The summed E-state index contributed by atoms with van der Waals surface area (Å²) in [6, 6.07) is 0. The lowest BCUT2D eigenvalue weighted by atomic mass is 9.78. The van der Waals surface area contributed by atoms with Gasteiger partial charge in [-0.3, -0.25) is 4.68 Å². The molecule has 1 aliphatic heterocycles. The summed E-state index contributed by atoms with van der Waals surface area (Å²) in [5, 5.41) is 11.7. The predicted molar refractivity (Wildman–Crippen MR) is 81.5 cm³/mol. The van der Waals surface area contributed by atoms with Crippen molar-refractivity contribution < 1.29 is 0 Å². The van der Waals surface area contributed by atoms with Crippen LogP contribution in [-0.2, 0) is 13.1 Å². The van der Waals surface area contributed by atoms with Gasteiger partial charge in [-0.25, -0.2) is 0 Å². The van der Waals surface area contributed by atoms with Gasteiger partial charge in [0.1, 0.15) is 0 Å². The van der Waals surface area contributed by atoms with Crippen molar-refractivity contribution in [3.05, 3.63) is 11.9 Å². The van der Waals surface area contributed by atoms with Crippen LogP contribution in [0.5, 0.6) is 0 Å². The van der Waals surface area contributed by atoms with Crippen LogP contribution >= 0.6 is 0 Å². The van der Waals surface area contributed by atoms with E-state index >= 15 is 0 Å². The molecule has 0 aliphatic carbocycles. The molecule has 2 heterocycles. The van der Waals surface area contributed by atoms with Gasteiger partial charge in [-0.2, -0.15) is 0 Å². The maximum Gasteiger partial charge on any atom is 0.0964 e. The van der Waals surface area contributed by atoms with E-state index in [0.717, 1.165) is 31.9 Å². The third-order valence-electron chi connectivity index (χ3n) is 4.70. The summed E-state index contributed by atoms with van der Waals surface area (Å²) in [6.07, 6.45) is 6.01. The lowest BCUT2D eigenvalue weighted by Crippen LogP contribution is -2.39. The fraction of sp³-hybridized carbons (Fsp3) is 0.867. The monoisotopic (exact) mass is 279 g/mol. The molecule has 0 unspecified atom stereocenters. The molecule has 2 rings (SSSR count). The van der Waals surface area contributed by atoms with E-state index in [1.165, 1.54) is 32.4 Å². The van der Waals surface area contributed by atoms with Gasteiger partial charge >= 0.3 is 0 Å². The fourth-order valence-corrected chi connectivity index (χ4v) is 2.70. The smallest absolute Gasteiger partial charge is 0.0964 e. The molecule has 5 heteroatoms. The quantitative estimate of drug-likeness (QED) is 0.828. The van der Waals surface area contributed by atoms with E-state index in [1.807, 2.05) is 4.68 Å². The number of rotatable bonds is 7. The highest BCUT2D eigenvalue weighted by atomic mass is 15.4. The van der Waals surface area contributed by atoms with Crippen molar-refractivity contribution in [2.75, 3.05) is 26.2 Å². The summed E-state index contributed by atoms with van der Waals surface area (Å²) in [5.41, 5.74) is 1.60. The van der Waals surface area contributed by atoms with Gasteiger partial charge < -0.3 is 10.2 Å². The van der Waals surface area contributed by atoms with Crippen molar-refractivity contribution in [2.24, 2.45) is 5.41 Å². The molecule has 114 valence electrons. The number of hydrogen-bond donors (Lipinski definition) is 1. The zero-order valence-corrected chi connectivity index (χ0v) is 13.2. The first-order valence-corrected chi connectivity index (χ1v) is 7.97. The highest BCUT2D eigenvalue weighted by Gasteiger charge is 2.27. The largest absolute Gasteiger partial charge is 0.311 e. The summed E-state index contributed by atoms with van der Waals surface area (Å²) >= 11 is 0. The molecule has 0 radical (unpaired) electrons. The Morgan fingerprint density at radius 2 is 2.00 bits per heavy atom. The zero-order valence-electron chi connectivity index (χ0n) is 13.2. The number of piperidine rings is 1. The van der Waals surface area contributed by atoms with Crippen LogP contribution in [0.1, 0.15) is 45.7 Å². The van der Waals surface area contributed by atoms with Gasteiger partial charge in [-0.05, 0) is 37.9 Å². The summed E-state index contributed by atoms with van der Waals surface area (Å²) in [4.78, 5) is 2.56. The van der Waals surface area contributed by atoms with Crippen LogP contribution in [0.4, 0.5) is 0 Å². The first-order chi connectivity index (χ1) is 9.65. The Balaban J connectivity index is 1.72. The lowest BCUT2D eigenvalue weighted by Gasteiger charge is -2.38. The fourth-order valence-electron chi connectivity index (χ4n) is 2.70. The van der Waals surface area contributed by atoms with Gasteiger partial charge in [0.15, 0.2) is 0 Å². The topological polar surface area (TPSA) is 46.0 Å². The molecule has 1 aromatic rings. The van der Waals surface area contributed by atoms with Crippen molar-refractivity contribution in [3.63, 3.8) is 0 Å². The van der Waals surface area contributed by atoms with Crippen molar-refractivity contribution in [1.29, 1.82) is 0 Å². The molecule has 0 atom stereocenters. The third kappa shape index (κ3) is 4.28. The molecule has 1 aromatic heterocycles. The molecule has 1 saturated heterocycles. The van der Waals surface area contributed by atoms with Crippen molar-refractivity contribution in [3.8, 4) is 0 Å². The average molecular weight is 279 g/mol. The minimum Gasteiger partial charge on any atom is -0.311 e. The van der Waals surface area contributed by atoms with E-state index in [-0.39, 0.29) is 0 Å². The first-order valence-electron chi connectivity index (χ1n) is 7.97. The van der Waals surface area contributed by atoms with Crippen molar-refractivity contribution >= 4 is 0 Å². The number of aromatic nitrogens is 3. The minimum atomic E-state index is 0.572. The van der Waals surface area contributed by atoms with E-state index in [9.17, 15) is 0 Å². The molecule has 0 bridgehead atoms. The van der Waals surface area contributed by atoms with Crippen LogP contribution in [-0.4, -0.2) is 46.1 Å². The van der Waals surface area contributed by atoms with Crippen LogP contribution in [0.15, 0.2) is 6.20 Å². The molecule has 1 fully saturated rings. The Bertz CT molecular complexity index is 393. The predicted octanol–water partition coefficient (Wildman–Crippen LogP) is 1.90. The second-order valence-corrected chi connectivity index (χ2v) is 6.26. The summed E-state index contributed by atoms with van der Waals surface area (Å²) in [5.74, 6) is 0. The second-order valence-electron chi connectivity index (χ2n) is 6.26. The molecule has 1 N–H and O–H groups in total. The van der Waals surface area contributed by atoms with Gasteiger partial charge in [-0.1, -0.05) is 32.4 Å². The van der Waals surface area contributed by atoms with Crippen LogP contribution in [0, 0.1) is 5.41 Å². The molecule has 0 spiro atoms. The molecular formula is C15H29N5. The Kier molecular flexibility index (Phi) is 5.54. The molecule has 0 aromatic carbocycles. The number of nitrogens with one attached hydrogen (secondary N) is 1. The normalized spacial score (nSPS) is 19.4. The standard InChI is InChI=1S/C15H29N5/c1-4-15(3)6-8-19(9-7-15)10-11-20-13-14(17-18-20)12-16-5-2/h13,16H,4-12H2,1-3H3. The summed E-state index contributed by atoms with van der Waals surface area (Å²) in [6.45, 7) is 13.1. The van der Waals surface area contributed by atoms with E-state index in [2.05, 4.69) is 47.5 Å². The van der Waals surface area contributed by atoms with E-state index < -0.39 is 0 Å². The van der Waals surface area contributed by atoms with Gasteiger partial charge in [0.2, 0.25) is 0 Å².